The minimum absolute atomic E-state index is 0.530. The van der Waals surface area contributed by atoms with Gasteiger partial charge in [-0.2, -0.15) is 0 Å². The maximum Gasteiger partial charge on any atom is 0.326 e. The van der Waals surface area contributed by atoms with Crippen molar-refractivity contribution in [1.82, 2.24) is 15.0 Å². The zero-order chi connectivity index (χ0) is 18.4. The van der Waals surface area contributed by atoms with E-state index < -0.39 is 12.0 Å². The number of para-hydroxylation sites is 1. The second-order valence-corrected chi connectivity index (χ2v) is 6.57. The van der Waals surface area contributed by atoms with Crippen LogP contribution in [0.2, 0.25) is 0 Å². The normalized spacial score (nSPS) is 17.0. The average molecular weight is 360 g/mol. The van der Waals surface area contributed by atoms with Gasteiger partial charge in [0.15, 0.2) is 17.2 Å². The maximum atomic E-state index is 11.7. The van der Waals surface area contributed by atoms with Crippen molar-refractivity contribution in [3.63, 3.8) is 0 Å². The van der Waals surface area contributed by atoms with Gasteiger partial charge in [-0.25, -0.2) is 14.8 Å². The van der Waals surface area contributed by atoms with E-state index in [1.807, 2.05) is 41.3 Å². The first-order valence-electron chi connectivity index (χ1n) is 8.81. The first kappa shape index (κ1) is 15.7. The molecule has 0 radical (unpaired) electrons. The summed E-state index contributed by atoms with van der Waals surface area (Å²) in [6, 6.07) is 10.7. The Kier molecular flexibility index (Phi) is 3.53. The molecule has 1 saturated heterocycles. The van der Waals surface area contributed by atoms with Crippen LogP contribution in [0.1, 0.15) is 12.8 Å². The molecule has 27 heavy (non-hydrogen) atoms. The molecular weight excluding hydrogens is 344 g/mol. The van der Waals surface area contributed by atoms with Crippen LogP contribution in [-0.4, -0.2) is 38.6 Å². The Morgan fingerprint density at radius 1 is 1.15 bits per heavy atom. The highest BCUT2D eigenvalue weighted by molar-refractivity contribution is 6.06. The summed E-state index contributed by atoms with van der Waals surface area (Å²) in [5, 5.41) is 10.5. The third-order valence-corrected chi connectivity index (χ3v) is 4.95. The average Bonchev–Trinajstić information content (AvgIpc) is 3.33. The zero-order valence-electron chi connectivity index (χ0n) is 14.4. The van der Waals surface area contributed by atoms with Gasteiger partial charge in [0, 0.05) is 29.9 Å². The number of nitrogens with zero attached hydrogens (tertiary/aromatic N) is 4. The van der Waals surface area contributed by atoms with Gasteiger partial charge in [0.2, 0.25) is 0 Å². The van der Waals surface area contributed by atoms with E-state index in [1.165, 1.54) is 0 Å². The molecule has 4 aromatic rings. The van der Waals surface area contributed by atoms with Crippen molar-refractivity contribution in [2.75, 3.05) is 11.4 Å². The quantitative estimate of drug-likeness (QED) is 0.598. The van der Waals surface area contributed by atoms with Gasteiger partial charge in [-0.1, -0.05) is 12.1 Å². The number of fused-ring (bicyclic) bond motifs is 3. The van der Waals surface area contributed by atoms with Gasteiger partial charge in [0.05, 0.1) is 0 Å². The lowest BCUT2D eigenvalue weighted by atomic mass is 10.2. The summed E-state index contributed by atoms with van der Waals surface area (Å²) < 4.78 is 6.04. The summed E-state index contributed by atoms with van der Waals surface area (Å²) in [5.74, 6) is 0.219. The smallest absolute Gasteiger partial charge is 0.326 e. The molecule has 0 amide bonds. The van der Waals surface area contributed by atoms with E-state index >= 15 is 0 Å². The molecule has 0 unspecified atom stereocenters. The Morgan fingerprint density at radius 2 is 1.96 bits per heavy atom. The number of anilines is 1. The van der Waals surface area contributed by atoms with Crippen LogP contribution >= 0.6 is 0 Å². The van der Waals surface area contributed by atoms with Gasteiger partial charge in [-0.3, -0.25) is 4.98 Å². The number of pyridine rings is 1. The van der Waals surface area contributed by atoms with Gasteiger partial charge in [0.25, 0.3) is 0 Å². The highest BCUT2D eigenvalue weighted by Crippen LogP contribution is 2.37. The van der Waals surface area contributed by atoms with Crippen LogP contribution in [0.15, 0.2) is 53.2 Å². The predicted octanol–water partition coefficient (Wildman–Crippen LogP) is 3.49. The number of carboxylic acid groups (broad SMARTS) is 1. The van der Waals surface area contributed by atoms with Crippen molar-refractivity contribution in [3.05, 3.63) is 48.8 Å². The molecule has 134 valence electrons. The number of hydrogen-bond donors (Lipinski definition) is 1. The van der Waals surface area contributed by atoms with E-state index in [4.69, 9.17) is 14.4 Å². The molecule has 0 saturated carbocycles. The Hall–Kier alpha value is -3.48. The number of aliphatic carboxylic acids is 1. The molecule has 3 aromatic heterocycles. The molecule has 1 fully saturated rings. The van der Waals surface area contributed by atoms with Crippen molar-refractivity contribution in [2.45, 2.75) is 18.9 Å². The summed E-state index contributed by atoms with van der Waals surface area (Å²) in [5.41, 5.74) is 2.76. The van der Waals surface area contributed by atoms with Crippen molar-refractivity contribution in [2.24, 2.45) is 0 Å². The molecule has 4 heterocycles. The van der Waals surface area contributed by atoms with E-state index in [2.05, 4.69) is 4.98 Å². The monoisotopic (exact) mass is 360 g/mol. The molecule has 7 heteroatoms. The van der Waals surface area contributed by atoms with Crippen molar-refractivity contribution in [3.8, 4) is 11.4 Å². The van der Waals surface area contributed by atoms with Crippen molar-refractivity contribution >= 4 is 33.9 Å². The van der Waals surface area contributed by atoms with Gasteiger partial charge in [-0.15, -0.1) is 0 Å². The van der Waals surface area contributed by atoms with E-state index in [9.17, 15) is 9.90 Å². The Bertz CT molecular complexity index is 1160. The molecule has 1 aromatic carbocycles. The summed E-state index contributed by atoms with van der Waals surface area (Å²) in [4.78, 5) is 27.0. The fraction of sp³-hybridized carbons (Fsp3) is 0.200. The lowest BCUT2D eigenvalue weighted by Crippen LogP contribution is -2.36. The van der Waals surface area contributed by atoms with Crippen LogP contribution in [0, 0.1) is 0 Å². The number of aromatic nitrogens is 3. The molecule has 1 atom stereocenters. The number of benzene rings is 1. The molecule has 0 spiro atoms. The number of carbonyl (C=O) groups is 1. The lowest BCUT2D eigenvalue weighted by molar-refractivity contribution is -0.138. The Balaban J connectivity index is 1.81. The van der Waals surface area contributed by atoms with Gasteiger partial charge < -0.3 is 14.4 Å². The highest BCUT2D eigenvalue weighted by atomic mass is 16.4. The first-order valence-corrected chi connectivity index (χ1v) is 8.81. The molecule has 1 N–H and O–H groups in total. The largest absolute Gasteiger partial charge is 0.480 e. The number of furan rings is 1. The number of hydrogen-bond acceptors (Lipinski definition) is 6. The van der Waals surface area contributed by atoms with Crippen LogP contribution in [0.4, 0.5) is 5.82 Å². The molecular formula is C20H16N4O3. The van der Waals surface area contributed by atoms with Crippen LogP contribution in [0.3, 0.4) is 0 Å². The summed E-state index contributed by atoms with van der Waals surface area (Å²) in [7, 11) is 0. The molecule has 0 aliphatic carbocycles. The lowest BCUT2D eigenvalue weighted by Gasteiger charge is -2.22. The number of rotatable bonds is 3. The highest BCUT2D eigenvalue weighted by Gasteiger charge is 2.34. The van der Waals surface area contributed by atoms with E-state index in [-0.39, 0.29) is 0 Å². The van der Waals surface area contributed by atoms with E-state index in [1.54, 1.807) is 12.4 Å². The molecule has 1 aliphatic heterocycles. The topological polar surface area (TPSA) is 92.3 Å². The van der Waals surface area contributed by atoms with Crippen molar-refractivity contribution < 1.29 is 14.3 Å². The minimum atomic E-state index is -0.846. The zero-order valence-corrected chi connectivity index (χ0v) is 14.4. The number of carboxylic acids is 1. The fourth-order valence-electron chi connectivity index (χ4n) is 3.68. The van der Waals surface area contributed by atoms with E-state index in [0.29, 0.717) is 41.3 Å². The second kappa shape index (κ2) is 6.05. The standard InChI is InChI=1S/C20H16N4O3/c25-20(26)14-5-3-11-24(14)19-17-16(13-4-1-2-6-15(13)27-17)22-18(23-19)12-7-9-21-10-8-12/h1-2,4,6-10,14H,3,5,11H2,(H,25,26)/t14-/m0/s1. The van der Waals surface area contributed by atoms with Gasteiger partial charge in [-0.05, 0) is 37.1 Å². The van der Waals surface area contributed by atoms with Crippen LogP contribution < -0.4 is 4.90 Å². The molecule has 7 nitrogen and oxygen atoms in total. The minimum Gasteiger partial charge on any atom is -0.480 e. The SMILES string of the molecule is O=C(O)[C@@H]1CCCN1c1nc(-c2ccncc2)nc2c1oc1ccccc12. The van der Waals surface area contributed by atoms with Crippen LogP contribution in [0.25, 0.3) is 33.5 Å². The first-order chi connectivity index (χ1) is 13.2. The van der Waals surface area contributed by atoms with Crippen LogP contribution in [0.5, 0.6) is 0 Å². The molecule has 1 aliphatic rings. The summed E-state index contributed by atoms with van der Waals surface area (Å²) in [6.07, 6.45) is 4.76. The fourth-order valence-corrected chi connectivity index (χ4v) is 3.68. The maximum absolute atomic E-state index is 11.7. The van der Waals surface area contributed by atoms with Gasteiger partial charge >= 0.3 is 5.97 Å². The Morgan fingerprint density at radius 3 is 2.78 bits per heavy atom. The molecule has 5 rings (SSSR count). The third kappa shape index (κ3) is 2.51. The van der Waals surface area contributed by atoms with Crippen molar-refractivity contribution in [1.29, 1.82) is 0 Å². The van der Waals surface area contributed by atoms with E-state index in [0.717, 1.165) is 17.4 Å². The van der Waals surface area contributed by atoms with Crippen LogP contribution in [-0.2, 0) is 4.79 Å². The van der Waals surface area contributed by atoms with Gasteiger partial charge in [0.1, 0.15) is 17.1 Å². The third-order valence-electron chi connectivity index (χ3n) is 4.95. The summed E-state index contributed by atoms with van der Waals surface area (Å²) >= 11 is 0. The Labute approximate surface area is 154 Å². The summed E-state index contributed by atoms with van der Waals surface area (Å²) in [6.45, 7) is 0.621. The molecule has 0 bridgehead atoms. The predicted molar refractivity (Wildman–Crippen MR) is 101 cm³/mol. The second-order valence-electron chi connectivity index (χ2n) is 6.57.